The summed E-state index contributed by atoms with van der Waals surface area (Å²) in [6.45, 7) is 2.09. The lowest BCUT2D eigenvalue weighted by Crippen LogP contribution is -2.42. The lowest BCUT2D eigenvalue weighted by Gasteiger charge is -2.19. The minimum absolute atomic E-state index is 0.0778. The van der Waals surface area contributed by atoms with Gasteiger partial charge in [0.05, 0.1) is 16.9 Å². The highest BCUT2D eigenvalue weighted by atomic mass is 32.2. The second-order valence-corrected chi connectivity index (χ2v) is 10.3. The third-order valence-corrected chi connectivity index (χ3v) is 8.03. The van der Waals surface area contributed by atoms with Crippen LogP contribution in [0.15, 0.2) is 35.2 Å². The number of hydrazine groups is 1. The average Bonchev–Trinajstić information content (AvgIpc) is 3.20. The van der Waals surface area contributed by atoms with Crippen molar-refractivity contribution < 1.29 is 22.7 Å². The summed E-state index contributed by atoms with van der Waals surface area (Å²) in [5.41, 5.74) is 5.97. The van der Waals surface area contributed by atoms with Crippen molar-refractivity contribution in [3.63, 3.8) is 0 Å². The minimum Gasteiger partial charge on any atom is -0.497 e. The van der Waals surface area contributed by atoms with Crippen molar-refractivity contribution in [2.24, 2.45) is 5.92 Å². The molecule has 1 atom stereocenters. The van der Waals surface area contributed by atoms with E-state index in [0.717, 1.165) is 25.7 Å². The molecule has 0 unspecified atom stereocenters. The van der Waals surface area contributed by atoms with E-state index in [9.17, 15) is 18.0 Å². The summed E-state index contributed by atoms with van der Waals surface area (Å²) in [5, 5.41) is 0. The second-order valence-electron chi connectivity index (χ2n) is 7.40. The van der Waals surface area contributed by atoms with Crippen molar-refractivity contribution >= 4 is 33.2 Å². The van der Waals surface area contributed by atoms with Gasteiger partial charge < -0.3 is 4.74 Å². The molecule has 0 saturated heterocycles. The first-order chi connectivity index (χ1) is 14.8. The molecule has 1 heterocycles. The van der Waals surface area contributed by atoms with Crippen molar-refractivity contribution in [3.8, 4) is 5.75 Å². The molecule has 1 aliphatic carbocycles. The number of hydrogen-bond donors (Lipinski definition) is 3. The maximum absolute atomic E-state index is 12.4. The highest BCUT2D eigenvalue weighted by Gasteiger charge is 2.22. The van der Waals surface area contributed by atoms with Crippen molar-refractivity contribution in [1.29, 1.82) is 0 Å². The van der Waals surface area contributed by atoms with Crippen molar-refractivity contribution in [1.82, 2.24) is 15.6 Å². The number of rotatable bonds is 8. The molecular weight excluding hydrogens is 438 g/mol. The molecule has 2 amide bonds. The normalized spacial score (nSPS) is 15.7. The number of hydrogen-bond acceptors (Lipinski definition) is 6. The monoisotopic (exact) mass is 465 g/mol. The van der Waals surface area contributed by atoms with Crippen LogP contribution in [0.3, 0.4) is 0 Å². The fraction of sp³-hybridized carbons (Fsp3) is 0.429. The molecule has 0 saturated carbocycles. The second kappa shape index (κ2) is 10.3. The fourth-order valence-corrected chi connectivity index (χ4v) is 5.58. The van der Waals surface area contributed by atoms with E-state index in [0.29, 0.717) is 16.5 Å². The van der Waals surface area contributed by atoms with Gasteiger partial charge in [-0.15, -0.1) is 11.3 Å². The lowest BCUT2D eigenvalue weighted by molar-refractivity contribution is -0.121. The van der Waals surface area contributed by atoms with Gasteiger partial charge in [0.2, 0.25) is 15.9 Å². The number of ether oxygens (including phenoxy) is 1. The van der Waals surface area contributed by atoms with E-state index in [1.807, 2.05) is 6.07 Å². The number of nitrogens with one attached hydrogen (secondary N) is 3. The molecule has 0 bridgehead atoms. The smallest absolute Gasteiger partial charge is 0.279 e. The van der Waals surface area contributed by atoms with E-state index < -0.39 is 15.9 Å². The van der Waals surface area contributed by atoms with Gasteiger partial charge in [0.1, 0.15) is 5.75 Å². The number of carbonyl (C=O) groups is 2. The molecular formula is C21H27N3O5S2. The van der Waals surface area contributed by atoms with E-state index in [4.69, 9.17) is 4.74 Å². The van der Waals surface area contributed by atoms with E-state index in [2.05, 4.69) is 22.5 Å². The first-order valence-corrected chi connectivity index (χ1v) is 12.5. The number of benzene rings is 1. The van der Waals surface area contributed by atoms with Crippen LogP contribution in [0.1, 0.15) is 46.3 Å². The third kappa shape index (κ3) is 6.05. The fourth-order valence-electron chi connectivity index (χ4n) is 3.45. The molecule has 3 N–H and O–H groups in total. The molecule has 8 nitrogen and oxygen atoms in total. The van der Waals surface area contributed by atoms with Crippen LogP contribution in [0.4, 0.5) is 0 Å². The molecule has 3 rings (SSSR count). The third-order valence-electron chi connectivity index (χ3n) is 5.32. The Bertz CT molecular complexity index is 1030. The summed E-state index contributed by atoms with van der Waals surface area (Å²) in [6, 6.07) is 7.84. The van der Waals surface area contributed by atoms with Gasteiger partial charge in [0.25, 0.3) is 5.91 Å². The summed E-state index contributed by atoms with van der Waals surface area (Å²) >= 11 is 1.47. The van der Waals surface area contributed by atoms with E-state index in [1.165, 1.54) is 41.0 Å². The van der Waals surface area contributed by atoms with Crippen LogP contribution in [0.2, 0.25) is 0 Å². The summed E-state index contributed by atoms with van der Waals surface area (Å²) < 4.78 is 31.9. The molecule has 10 heteroatoms. The number of fused-ring (bicyclic) bond motifs is 1. The van der Waals surface area contributed by atoms with Crippen LogP contribution in [0, 0.1) is 5.92 Å². The van der Waals surface area contributed by atoms with Gasteiger partial charge in [0.15, 0.2) is 0 Å². The van der Waals surface area contributed by atoms with Crippen molar-refractivity contribution in [3.05, 3.63) is 45.6 Å². The summed E-state index contributed by atoms with van der Waals surface area (Å²) in [4.78, 5) is 26.2. The van der Waals surface area contributed by atoms with Gasteiger partial charge in [-0.25, -0.2) is 13.1 Å². The zero-order valence-electron chi connectivity index (χ0n) is 17.6. The van der Waals surface area contributed by atoms with Gasteiger partial charge in [0, 0.05) is 17.8 Å². The SMILES string of the molecule is CC[C@H]1CCc2sc(C(=O)NNC(=O)CCNS(=O)(=O)c3ccc(OC)cc3)cc2C1. The Morgan fingerprint density at radius 3 is 2.61 bits per heavy atom. The molecule has 1 aromatic heterocycles. The van der Waals surface area contributed by atoms with E-state index in [-0.39, 0.29) is 23.8 Å². The van der Waals surface area contributed by atoms with Crippen molar-refractivity contribution in [2.45, 2.75) is 43.9 Å². The quantitative estimate of drug-likeness (QED) is 0.518. The number of amides is 2. The Hall–Kier alpha value is -2.43. The Morgan fingerprint density at radius 2 is 1.94 bits per heavy atom. The molecule has 0 spiro atoms. The molecule has 0 aliphatic heterocycles. The molecule has 0 fully saturated rings. The predicted molar refractivity (Wildman–Crippen MR) is 119 cm³/mol. The molecule has 0 radical (unpaired) electrons. The topological polar surface area (TPSA) is 114 Å². The highest BCUT2D eigenvalue weighted by molar-refractivity contribution is 7.89. The summed E-state index contributed by atoms with van der Waals surface area (Å²) in [6.07, 6.45) is 4.15. The number of methoxy groups -OCH3 is 1. The first-order valence-electron chi connectivity index (χ1n) is 10.2. The molecule has 31 heavy (non-hydrogen) atoms. The van der Waals surface area contributed by atoms with Crippen LogP contribution in [-0.2, 0) is 27.7 Å². The average molecular weight is 466 g/mol. The van der Waals surface area contributed by atoms with Crippen LogP contribution in [0.5, 0.6) is 5.75 Å². The Balaban J connectivity index is 1.44. The van der Waals surface area contributed by atoms with Gasteiger partial charge in [-0.2, -0.15) is 0 Å². The van der Waals surface area contributed by atoms with Gasteiger partial charge in [-0.1, -0.05) is 13.3 Å². The van der Waals surface area contributed by atoms with E-state index >= 15 is 0 Å². The predicted octanol–water partition coefficient (Wildman–Crippen LogP) is 2.40. The first kappa shape index (κ1) is 23.2. The van der Waals surface area contributed by atoms with Crippen LogP contribution < -0.4 is 20.3 Å². The number of carbonyl (C=O) groups excluding carboxylic acids is 2. The Morgan fingerprint density at radius 1 is 1.19 bits per heavy atom. The maximum atomic E-state index is 12.4. The minimum atomic E-state index is -3.74. The molecule has 168 valence electrons. The number of sulfonamides is 1. The van der Waals surface area contributed by atoms with Gasteiger partial charge in [-0.05, 0) is 61.1 Å². The van der Waals surface area contributed by atoms with Crippen molar-refractivity contribution in [2.75, 3.05) is 13.7 Å². The Labute approximate surface area is 186 Å². The Kier molecular flexibility index (Phi) is 7.69. The van der Waals surface area contributed by atoms with Crippen LogP contribution in [0.25, 0.3) is 0 Å². The van der Waals surface area contributed by atoms with Gasteiger partial charge in [-0.3, -0.25) is 20.4 Å². The highest BCUT2D eigenvalue weighted by Crippen LogP contribution is 2.33. The number of thiophene rings is 1. The van der Waals surface area contributed by atoms with Crippen LogP contribution in [-0.4, -0.2) is 33.9 Å². The van der Waals surface area contributed by atoms with Crippen LogP contribution >= 0.6 is 11.3 Å². The zero-order valence-corrected chi connectivity index (χ0v) is 19.2. The zero-order chi connectivity index (χ0) is 22.4. The van der Waals surface area contributed by atoms with Gasteiger partial charge >= 0.3 is 0 Å². The summed E-state index contributed by atoms with van der Waals surface area (Å²) in [5.74, 6) is 0.364. The molecule has 1 aliphatic rings. The lowest BCUT2D eigenvalue weighted by atomic mass is 9.87. The standard InChI is InChI=1S/C21H27N3O5S2/c1-3-14-4-9-18-15(12-14)13-19(30-18)21(26)24-23-20(25)10-11-22-31(27,28)17-7-5-16(29-2)6-8-17/h5-8,13-14,22H,3-4,9-12H2,1-2H3,(H,23,25)(H,24,26)/t14-/m0/s1. The van der Waals surface area contributed by atoms with E-state index in [1.54, 1.807) is 12.1 Å². The largest absolute Gasteiger partial charge is 0.497 e. The number of aryl methyl sites for hydroxylation is 1. The summed E-state index contributed by atoms with van der Waals surface area (Å²) in [7, 11) is -2.24. The molecule has 1 aromatic carbocycles. The maximum Gasteiger partial charge on any atom is 0.279 e. The molecule has 2 aromatic rings.